The number of para-hydroxylation sites is 1. The molecule has 0 aromatic heterocycles. The zero-order valence-corrected chi connectivity index (χ0v) is 18.5. The van der Waals surface area contributed by atoms with E-state index in [4.69, 9.17) is 9.47 Å². The first-order chi connectivity index (χ1) is 15.4. The quantitative estimate of drug-likeness (QED) is 0.610. The van der Waals surface area contributed by atoms with E-state index in [0.29, 0.717) is 49.1 Å². The fraction of sp³-hybridized carbons (Fsp3) is 0.208. The van der Waals surface area contributed by atoms with Gasteiger partial charge in [0.25, 0.3) is 5.91 Å². The Balaban J connectivity index is 1.53. The van der Waals surface area contributed by atoms with Gasteiger partial charge >= 0.3 is 0 Å². The van der Waals surface area contributed by atoms with Crippen molar-refractivity contribution in [1.82, 2.24) is 4.31 Å². The van der Waals surface area contributed by atoms with Crippen molar-refractivity contribution >= 4 is 21.6 Å². The molecule has 4 rings (SSSR count). The van der Waals surface area contributed by atoms with Gasteiger partial charge in [-0.2, -0.15) is 4.31 Å². The second kappa shape index (κ2) is 9.52. The molecule has 32 heavy (non-hydrogen) atoms. The maximum Gasteiger partial charge on any atom is 0.255 e. The number of hydrogen-bond donors (Lipinski definition) is 1. The average molecular weight is 453 g/mol. The Hall–Kier alpha value is -3.20. The Bertz CT molecular complexity index is 1210. The third kappa shape index (κ3) is 4.99. The molecule has 0 unspecified atom stereocenters. The Kier molecular flexibility index (Phi) is 6.55. The lowest BCUT2D eigenvalue weighted by atomic mass is 10.1. The van der Waals surface area contributed by atoms with Crippen molar-refractivity contribution in [2.75, 3.05) is 31.6 Å². The first kappa shape index (κ1) is 22.0. The molecule has 0 radical (unpaired) electrons. The standard InChI is InChI=1S/C24H24N2O5S/c1-18-10-11-22(32(28,29)26-12-14-30-15-13-26)17-23(18)25-24(27)19-6-5-9-21(16-19)31-20-7-3-2-4-8-20/h2-11,16-17H,12-15H2,1H3,(H,25,27). The van der Waals surface area contributed by atoms with Crippen LogP contribution in [0.3, 0.4) is 0 Å². The molecule has 0 aliphatic carbocycles. The van der Waals surface area contributed by atoms with Crippen molar-refractivity contribution in [3.63, 3.8) is 0 Å². The summed E-state index contributed by atoms with van der Waals surface area (Å²) >= 11 is 0. The lowest BCUT2D eigenvalue weighted by Gasteiger charge is -2.26. The highest BCUT2D eigenvalue weighted by Gasteiger charge is 2.27. The highest BCUT2D eigenvalue weighted by Crippen LogP contribution is 2.26. The predicted molar refractivity (Wildman–Crippen MR) is 122 cm³/mol. The van der Waals surface area contributed by atoms with Crippen molar-refractivity contribution < 1.29 is 22.7 Å². The molecule has 7 nitrogen and oxygen atoms in total. The van der Waals surface area contributed by atoms with Gasteiger partial charge in [-0.25, -0.2) is 8.42 Å². The van der Waals surface area contributed by atoms with Crippen LogP contribution in [0.15, 0.2) is 77.7 Å². The summed E-state index contributed by atoms with van der Waals surface area (Å²) in [5, 5.41) is 2.83. The summed E-state index contributed by atoms with van der Waals surface area (Å²) in [4.78, 5) is 13.0. The smallest absolute Gasteiger partial charge is 0.255 e. The summed E-state index contributed by atoms with van der Waals surface area (Å²) in [6, 6.07) is 20.9. The number of morpholine rings is 1. The van der Waals surface area contributed by atoms with Crippen molar-refractivity contribution in [3.05, 3.63) is 83.9 Å². The first-order valence-corrected chi connectivity index (χ1v) is 11.7. The number of ether oxygens (including phenoxy) is 2. The van der Waals surface area contributed by atoms with E-state index in [1.165, 1.54) is 10.4 Å². The minimum atomic E-state index is -3.66. The molecule has 0 bridgehead atoms. The number of sulfonamides is 1. The predicted octanol–water partition coefficient (Wildman–Crippen LogP) is 4.06. The second-order valence-corrected chi connectivity index (χ2v) is 9.33. The summed E-state index contributed by atoms with van der Waals surface area (Å²) in [5.41, 5.74) is 1.61. The van der Waals surface area contributed by atoms with Crippen LogP contribution in [0, 0.1) is 6.92 Å². The maximum absolute atomic E-state index is 13.0. The maximum atomic E-state index is 13.0. The Morgan fingerprint density at radius 2 is 1.66 bits per heavy atom. The van der Waals surface area contributed by atoms with Crippen LogP contribution in [-0.4, -0.2) is 44.9 Å². The molecule has 8 heteroatoms. The van der Waals surface area contributed by atoms with Gasteiger partial charge in [0.2, 0.25) is 10.0 Å². The topological polar surface area (TPSA) is 84.9 Å². The lowest BCUT2D eigenvalue weighted by Crippen LogP contribution is -2.40. The van der Waals surface area contributed by atoms with Crippen LogP contribution >= 0.6 is 0 Å². The fourth-order valence-electron chi connectivity index (χ4n) is 3.35. The summed E-state index contributed by atoms with van der Waals surface area (Å²) < 4.78 is 38.4. The van der Waals surface area contributed by atoms with Crippen LogP contribution in [0.5, 0.6) is 11.5 Å². The monoisotopic (exact) mass is 452 g/mol. The largest absolute Gasteiger partial charge is 0.457 e. The van der Waals surface area contributed by atoms with Crippen LogP contribution in [0.1, 0.15) is 15.9 Å². The van der Waals surface area contributed by atoms with Crippen LogP contribution < -0.4 is 10.1 Å². The molecule has 0 saturated carbocycles. The van der Waals surface area contributed by atoms with Gasteiger partial charge in [-0.15, -0.1) is 0 Å². The van der Waals surface area contributed by atoms with Crippen molar-refractivity contribution in [2.24, 2.45) is 0 Å². The molecular weight excluding hydrogens is 428 g/mol. The summed E-state index contributed by atoms with van der Waals surface area (Å²) in [7, 11) is -3.66. The molecule has 3 aromatic carbocycles. The van der Waals surface area contributed by atoms with E-state index >= 15 is 0 Å². The van der Waals surface area contributed by atoms with E-state index in [9.17, 15) is 13.2 Å². The summed E-state index contributed by atoms with van der Waals surface area (Å²) in [6.07, 6.45) is 0. The molecule has 0 spiro atoms. The normalized spacial score (nSPS) is 14.7. The molecule has 166 valence electrons. The molecule has 1 heterocycles. The lowest BCUT2D eigenvalue weighted by molar-refractivity contribution is 0.0730. The summed E-state index contributed by atoms with van der Waals surface area (Å²) in [5.74, 6) is 0.846. The van der Waals surface area contributed by atoms with Crippen LogP contribution in [0.25, 0.3) is 0 Å². The zero-order valence-electron chi connectivity index (χ0n) is 17.7. The SMILES string of the molecule is Cc1ccc(S(=O)(=O)N2CCOCC2)cc1NC(=O)c1cccc(Oc2ccccc2)c1. The highest BCUT2D eigenvalue weighted by atomic mass is 32.2. The third-order valence-electron chi connectivity index (χ3n) is 5.14. The van der Waals surface area contributed by atoms with Crippen LogP contribution in [0.2, 0.25) is 0 Å². The summed E-state index contributed by atoms with van der Waals surface area (Å²) in [6.45, 7) is 3.18. The van der Waals surface area contributed by atoms with E-state index in [-0.39, 0.29) is 10.8 Å². The van der Waals surface area contributed by atoms with Gasteiger partial charge in [-0.3, -0.25) is 4.79 Å². The number of rotatable bonds is 6. The van der Waals surface area contributed by atoms with E-state index in [1.807, 2.05) is 37.3 Å². The van der Waals surface area contributed by atoms with Gasteiger partial charge < -0.3 is 14.8 Å². The average Bonchev–Trinajstić information content (AvgIpc) is 2.82. The molecule has 1 fully saturated rings. The number of carbonyl (C=O) groups is 1. The number of amides is 1. The third-order valence-corrected chi connectivity index (χ3v) is 7.03. The van der Waals surface area contributed by atoms with Crippen LogP contribution in [-0.2, 0) is 14.8 Å². The van der Waals surface area contributed by atoms with Gasteiger partial charge in [-0.05, 0) is 55.0 Å². The van der Waals surface area contributed by atoms with E-state index in [1.54, 1.807) is 36.4 Å². The molecule has 1 aliphatic heterocycles. The van der Waals surface area contributed by atoms with Gasteiger partial charge in [-0.1, -0.05) is 30.3 Å². The molecule has 0 atom stereocenters. The number of carbonyl (C=O) groups excluding carboxylic acids is 1. The number of nitrogens with one attached hydrogen (secondary N) is 1. The molecule has 1 N–H and O–H groups in total. The van der Waals surface area contributed by atoms with Gasteiger partial charge in [0.05, 0.1) is 18.1 Å². The van der Waals surface area contributed by atoms with Crippen molar-refractivity contribution in [2.45, 2.75) is 11.8 Å². The molecule has 3 aromatic rings. The molecule has 1 amide bonds. The molecule has 1 saturated heterocycles. The van der Waals surface area contributed by atoms with Crippen LogP contribution in [0.4, 0.5) is 5.69 Å². The molecule has 1 aliphatic rings. The Labute approximate surface area is 187 Å². The second-order valence-electron chi connectivity index (χ2n) is 7.39. The first-order valence-electron chi connectivity index (χ1n) is 10.3. The minimum Gasteiger partial charge on any atom is -0.457 e. The highest BCUT2D eigenvalue weighted by molar-refractivity contribution is 7.89. The Morgan fingerprint density at radius 1 is 0.938 bits per heavy atom. The van der Waals surface area contributed by atoms with Gasteiger partial charge in [0.15, 0.2) is 0 Å². The van der Waals surface area contributed by atoms with E-state index in [2.05, 4.69) is 5.32 Å². The number of nitrogens with zero attached hydrogens (tertiary/aromatic N) is 1. The molecular formula is C24H24N2O5S. The van der Waals surface area contributed by atoms with E-state index < -0.39 is 10.0 Å². The van der Waals surface area contributed by atoms with E-state index in [0.717, 1.165) is 5.56 Å². The minimum absolute atomic E-state index is 0.140. The van der Waals surface area contributed by atoms with Crippen molar-refractivity contribution in [3.8, 4) is 11.5 Å². The fourth-order valence-corrected chi connectivity index (χ4v) is 4.79. The number of benzene rings is 3. The number of anilines is 1. The number of hydrogen-bond acceptors (Lipinski definition) is 5. The van der Waals surface area contributed by atoms with Crippen molar-refractivity contribution in [1.29, 1.82) is 0 Å². The van der Waals surface area contributed by atoms with Gasteiger partial charge in [0, 0.05) is 24.3 Å². The Morgan fingerprint density at radius 3 is 2.41 bits per heavy atom. The number of aryl methyl sites for hydroxylation is 1. The van der Waals surface area contributed by atoms with Gasteiger partial charge in [0.1, 0.15) is 11.5 Å². The zero-order chi connectivity index (χ0) is 22.6.